The van der Waals surface area contributed by atoms with Gasteiger partial charge in [-0.15, -0.1) is 0 Å². The van der Waals surface area contributed by atoms with E-state index in [4.69, 9.17) is 0 Å². The number of carbonyl (C=O) groups excluding carboxylic acids is 1. The summed E-state index contributed by atoms with van der Waals surface area (Å²) in [4.78, 5) is 11.4. The van der Waals surface area contributed by atoms with Crippen LogP contribution in [0.4, 0.5) is 0 Å². The molecule has 13 heavy (non-hydrogen) atoms. The van der Waals surface area contributed by atoms with E-state index in [-0.39, 0.29) is 0 Å². The molecule has 0 aromatic heterocycles. The molecule has 0 bridgehead atoms. The summed E-state index contributed by atoms with van der Waals surface area (Å²) in [6, 6.07) is 0. The molecule has 0 radical (unpaired) electrons. The molecular weight excluding hydrogens is 182 g/mol. The molecule has 74 valence electrons. The fraction of sp³-hybridized carbons (Fsp3) is 0.900. The van der Waals surface area contributed by atoms with Gasteiger partial charge >= 0.3 is 0 Å². The molecule has 2 nitrogen and oxygen atoms in total. The van der Waals surface area contributed by atoms with Crippen molar-refractivity contribution in [3.05, 3.63) is 0 Å². The van der Waals surface area contributed by atoms with Gasteiger partial charge in [0.15, 0.2) is 0 Å². The Kier molecular flexibility index (Phi) is 3.14. The Balaban J connectivity index is 1.79. The van der Waals surface area contributed by atoms with Gasteiger partial charge in [0.25, 0.3) is 0 Å². The lowest BCUT2D eigenvalue weighted by molar-refractivity contribution is -0.123. The average Bonchev–Trinajstić information content (AvgIpc) is 2.54. The predicted octanol–water partition coefficient (Wildman–Crippen LogP) is 2.59. The van der Waals surface area contributed by atoms with Crippen LogP contribution in [0.3, 0.4) is 0 Å². The van der Waals surface area contributed by atoms with Crippen LogP contribution in [0.2, 0.25) is 0 Å². The number of carbonyl (C=O) groups is 1. The molecule has 0 unspecified atom stereocenters. The minimum atomic E-state index is 0.357. The van der Waals surface area contributed by atoms with Gasteiger partial charge in [-0.05, 0) is 31.2 Å². The monoisotopic (exact) mass is 199 g/mol. The van der Waals surface area contributed by atoms with E-state index >= 15 is 0 Å². The summed E-state index contributed by atoms with van der Waals surface area (Å²) in [5.41, 5.74) is 0. The summed E-state index contributed by atoms with van der Waals surface area (Å²) in [6.45, 7) is 0.986. The van der Waals surface area contributed by atoms with Gasteiger partial charge in [0, 0.05) is 18.2 Å². The van der Waals surface area contributed by atoms with E-state index in [9.17, 15) is 4.79 Å². The second-order valence-corrected chi connectivity index (χ2v) is 5.28. The van der Waals surface area contributed by atoms with Crippen molar-refractivity contribution in [3.63, 3.8) is 0 Å². The van der Waals surface area contributed by atoms with Gasteiger partial charge in [-0.3, -0.25) is 9.10 Å². The van der Waals surface area contributed by atoms with Crippen LogP contribution in [0.25, 0.3) is 0 Å². The van der Waals surface area contributed by atoms with E-state index in [2.05, 4.69) is 0 Å². The van der Waals surface area contributed by atoms with Crippen LogP contribution in [0.15, 0.2) is 0 Å². The van der Waals surface area contributed by atoms with Crippen molar-refractivity contribution in [2.45, 2.75) is 50.2 Å². The lowest BCUT2D eigenvalue weighted by Gasteiger charge is -2.25. The first-order valence-corrected chi connectivity index (χ1v) is 6.17. The lowest BCUT2D eigenvalue weighted by atomic mass is 10.0. The fourth-order valence-corrected chi connectivity index (χ4v) is 3.43. The first-order chi connectivity index (χ1) is 6.36. The third-order valence-electron chi connectivity index (χ3n) is 2.86. The third kappa shape index (κ3) is 2.39. The molecular formula is C10H17NOS. The number of nitrogens with zero attached hydrogens (tertiary/aromatic N) is 1. The highest BCUT2D eigenvalue weighted by molar-refractivity contribution is 7.98. The van der Waals surface area contributed by atoms with Crippen LogP contribution in [0.5, 0.6) is 0 Å². The normalized spacial score (nSPS) is 25.5. The summed E-state index contributed by atoms with van der Waals surface area (Å²) in [7, 11) is 0. The second-order valence-electron chi connectivity index (χ2n) is 3.96. The standard InChI is InChI=1S/C10H17NOS/c12-10-7-4-8-11(10)13-9-5-2-1-3-6-9/h9H,1-8H2. The van der Waals surface area contributed by atoms with E-state index in [0.717, 1.165) is 24.6 Å². The molecule has 0 aromatic carbocycles. The van der Waals surface area contributed by atoms with Crippen molar-refractivity contribution >= 4 is 17.9 Å². The molecule has 1 amide bonds. The highest BCUT2D eigenvalue weighted by atomic mass is 32.2. The van der Waals surface area contributed by atoms with E-state index in [1.54, 1.807) is 0 Å². The Hall–Kier alpha value is -0.180. The smallest absolute Gasteiger partial charge is 0.232 e. The van der Waals surface area contributed by atoms with Gasteiger partial charge in [0.05, 0.1) is 0 Å². The maximum absolute atomic E-state index is 11.4. The highest BCUT2D eigenvalue weighted by Gasteiger charge is 2.25. The number of hydrogen-bond acceptors (Lipinski definition) is 2. The van der Waals surface area contributed by atoms with Crippen molar-refractivity contribution in [2.24, 2.45) is 0 Å². The Bertz CT molecular complexity index is 189. The Labute approximate surface area is 84.2 Å². The molecule has 1 saturated carbocycles. The largest absolute Gasteiger partial charge is 0.286 e. The minimum Gasteiger partial charge on any atom is -0.286 e. The van der Waals surface area contributed by atoms with Crippen LogP contribution in [-0.4, -0.2) is 22.0 Å². The van der Waals surface area contributed by atoms with Crippen LogP contribution in [0, 0.1) is 0 Å². The number of amides is 1. The quantitative estimate of drug-likeness (QED) is 0.637. The van der Waals surface area contributed by atoms with E-state index in [0.29, 0.717) is 5.91 Å². The first kappa shape index (κ1) is 9.38. The molecule has 2 rings (SSSR count). The molecule has 3 heteroatoms. The molecule has 1 heterocycles. The van der Waals surface area contributed by atoms with Gasteiger partial charge in [0.1, 0.15) is 0 Å². The maximum atomic E-state index is 11.4. The van der Waals surface area contributed by atoms with Crippen LogP contribution >= 0.6 is 11.9 Å². The molecule has 0 spiro atoms. The van der Waals surface area contributed by atoms with Crippen LogP contribution in [-0.2, 0) is 4.79 Å². The molecule has 0 atom stereocenters. The van der Waals surface area contributed by atoms with Crippen molar-refractivity contribution in [1.29, 1.82) is 0 Å². The summed E-state index contributed by atoms with van der Waals surface area (Å²) in [5.74, 6) is 0.357. The van der Waals surface area contributed by atoms with Crippen LogP contribution < -0.4 is 0 Å². The van der Waals surface area contributed by atoms with Gasteiger partial charge in [-0.1, -0.05) is 19.3 Å². The Morgan fingerprint density at radius 1 is 1.15 bits per heavy atom. The summed E-state index contributed by atoms with van der Waals surface area (Å²) in [5, 5.41) is 0.732. The molecule has 2 fully saturated rings. The van der Waals surface area contributed by atoms with Crippen molar-refractivity contribution < 1.29 is 4.79 Å². The second kappa shape index (κ2) is 4.36. The topological polar surface area (TPSA) is 20.3 Å². The zero-order valence-corrected chi connectivity index (χ0v) is 8.81. The van der Waals surface area contributed by atoms with Gasteiger partial charge in [-0.2, -0.15) is 0 Å². The number of rotatable bonds is 2. The third-order valence-corrected chi connectivity index (χ3v) is 4.27. The van der Waals surface area contributed by atoms with Crippen LogP contribution in [0.1, 0.15) is 44.9 Å². The summed E-state index contributed by atoms with van der Waals surface area (Å²) < 4.78 is 2.00. The van der Waals surface area contributed by atoms with E-state index < -0.39 is 0 Å². The van der Waals surface area contributed by atoms with E-state index in [1.165, 1.54) is 32.1 Å². The first-order valence-electron chi connectivity index (χ1n) is 5.33. The zero-order chi connectivity index (χ0) is 9.10. The Morgan fingerprint density at radius 3 is 2.54 bits per heavy atom. The Morgan fingerprint density at radius 2 is 1.92 bits per heavy atom. The molecule has 0 aromatic rings. The van der Waals surface area contributed by atoms with Gasteiger partial charge in [-0.25, -0.2) is 0 Å². The lowest BCUT2D eigenvalue weighted by Crippen LogP contribution is -2.22. The minimum absolute atomic E-state index is 0.357. The maximum Gasteiger partial charge on any atom is 0.232 e. The zero-order valence-electron chi connectivity index (χ0n) is 8.00. The van der Waals surface area contributed by atoms with Crippen molar-refractivity contribution in [2.75, 3.05) is 6.54 Å². The summed E-state index contributed by atoms with van der Waals surface area (Å²) >= 11 is 1.82. The van der Waals surface area contributed by atoms with Crippen molar-refractivity contribution in [3.8, 4) is 0 Å². The summed E-state index contributed by atoms with van der Waals surface area (Å²) in [6.07, 6.45) is 8.59. The molecule has 0 N–H and O–H groups in total. The van der Waals surface area contributed by atoms with Gasteiger partial charge < -0.3 is 0 Å². The highest BCUT2D eigenvalue weighted by Crippen LogP contribution is 2.32. The molecule has 1 saturated heterocycles. The molecule has 1 aliphatic carbocycles. The SMILES string of the molecule is O=C1CCCN1SC1CCCCC1. The molecule has 2 aliphatic rings. The average molecular weight is 199 g/mol. The number of hydrogen-bond donors (Lipinski definition) is 0. The van der Waals surface area contributed by atoms with Gasteiger partial charge in [0.2, 0.25) is 5.91 Å². The fourth-order valence-electron chi connectivity index (χ4n) is 2.09. The van der Waals surface area contributed by atoms with E-state index in [1.807, 2.05) is 16.3 Å². The predicted molar refractivity (Wildman–Crippen MR) is 55.4 cm³/mol. The van der Waals surface area contributed by atoms with Crippen molar-refractivity contribution in [1.82, 2.24) is 4.31 Å². The molecule has 1 aliphatic heterocycles.